The standard InChI is InChI=1S/C9H4F3NO6/c10-5-2(1-13(18)19)6(11)7(12)4(9(16)17)3(5)8(14)15/h1H2,(H,14,15)(H,16,17). The minimum atomic E-state index is -2.21. The Bertz CT molecular complexity index is 600. The van der Waals surface area contributed by atoms with Crippen molar-refractivity contribution in [1.29, 1.82) is 0 Å². The number of carboxylic acids is 2. The van der Waals surface area contributed by atoms with Crippen LogP contribution in [0.1, 0.15) is 26.3 Å². The molecule has 1 aromatic carbocycles. The van der Waals surface area contributed by atoms with Gasteiger partial charge in [0.05, 0.1) is 5.56 Å². The van der Waals surface area contributed by atoms with Crippen LogP contribution < -0.4 is 0 Å². The number of nitrogens with zero attached hydrogens (tertiary/aromatic N) is 1. The van der Waals surface area contributed by atoms with E-state index in [-0.39, 0.29) is 0 Å². The van der Waals surface area contributed by atoms with E-state index in [1.54, 1.807) is 0 Å². The molecule has 10 heteroatoms. The normalized spacial score (nSPS) is 10.3. The third-order valence-electron chi connectivity index (χ3n) is 2.13. The fourth-order valence-electron chi connectivity index (χ4n) is 1.38. The molecule has 0 aromatic heterocycles. The minimum Gasteiger partial charge on any atom is -0.478 e. The van der Waals surface area contributed by atoms with Crippen LogP contribution in [0.4, 0.5) is 13.2 Å². The van der Waals surface area contributed by atoms with Crippen molar-refractivity contribution in [1.82, 2.24) is 0 Å². The Morgan fingerprint density at radius 2 is 1.42 bits per heavy atom. The Kier molecular flexibility index (Phi) is 3.73. The summed E-state index contributed by atoms with van der Waals surface area (Å²) in [6, 6.07) is 0. The molecule has 0 saturated carbocycles. The Morgan fingerprint density at radius 1 is 1.00 bits per heavy atom. The van der Waals surface area contributed by atoms with Crippen molar-refractivity contribution in [3.8, 4) is 0 Å². The third-order valence-corrected chi connectivity index (χ3v) is 2.13. The molecule has 1 rings (SSSR count). The van der Waals surface area contributed by atoms with Crippen molar-refractivity contribution in [2.24, 2.45) is 0 Å². The summed E-state index contributed by atoms with van der Waals surface area (Å²) < 4.78 is 40.3. The summed E-state index contributed by atoms with van der Waals surface area (Å²) in [6.07, 6.45) is 0. The maximum atomic E-state index is 13.6. The lowest BCUT2D eigenvalue weighted by atomic mass is 10.0. The van der Waals surface area contributed by atoms with Crippen LogP contribution in [0.15, 0.2) is 0 Å². The van der Waals surface area contributed by atoms with E-state index in [1.165, 1.54) is 0 Å². The van der Waals surface area contributed by atoms with E-state index in [9.17, 15) is 32.9 Å². The van der Waals surface area contributed by atoms with E-state index >= 15 is 0 Å². The van der Waals surface area contributed by atoms with Crippen LogP contribution in [0.25, 0.3) is 0 Å². The molecule has 7 nitrogen and oxygen atoms in total. The van der Waals surface area contributed by atoms with Gasteiger partial charge in [0, 0.05) is 4.92 Å². The van der Waals surface area contributed by atoms with E-state index in [2.05, 4.69) is 0 Å². The van der Waals surface area contributed by atoms with Gasteiger partial charge in [-0.15, -0.1) is 0 Å². The van der Waals surface area contributed by atoms with Crippen LogP contribution in [0.3, 0.4) is 0 Å². The third kappa shape index (κ3) is 2.46. The molecule has 2 N–H and O–H groups in total. The number of hydrogen-bond acceptors (Lipinski definition) is 4. The molecule has 0 fully saturated rings. The van der Waals surface area contributed by atoms with Gasteiger partial charge < -0.3 is 10.2 Å². The first-order chi connectivity index (χ1) is 8.68. The molecule has 0 spiro atoms. The van der Waals surface area contributed by atoms with Crippen molar-refractivity contribution in [2.75, 3.05) is 0 Å². The molecule has 0 aliphatic rings. The fraction of sp³-hybridized carbons (Fsp3) is 0.111. The number of rotatable bonds is 4. The van der Waals surface area contributed by atoms with Crippen LogP contribution in [-0.2, 0) is 6.54 Å². The van der Waals surface area contributed by atoms with Crippen molar-refractivity contribution >= 4 is 11.9 Å². The molecule has 0 saturated heterocycles. The SMILES string of the molecule is O=C(O)c1c(F)c(F)c(C[N+](=O)[O-])c(F)c1C(=O)O. The molecule has 0 heterocycles. The fourth-order valence-corrected chi connectivity index (χ4v) is 1.38. The van der Waals surface area contributed by atoms with Gasteiger partial charge in [-0.25, -0.2) is 22.8 Å². The van der Waals surface area contributed by atoms with Crippen LogP contribution in [0.2, 0.25) is 0 Å². The summed E-state index contributed by atoms with van der Waals surface area (Å²) >= 11 is 0. The van der Waals surface area contributed by atoms with Gasteiger partial charge in [-0.1, -0.05) is 0 Å². The monoisotopic (exact) mass is 279 g/mol. The molecular formula is C9H4F3NO6. The lowest BCUT2D eigenvalue weighted by molar-refractivity contribution is -0.497. The first kappa shape index (κ1) is 14.4. The van der Waals surface area contributed by atoms with Crippen molar-refractivity contribution in [3.05, 3.63) is 44.3 Å². The van der Waals surface area contributed by atoms with Gasteiger partial charge in [0.2, 0.25) is 6.54 Å². The number of hydrogen-bond donors (Lipinski definition) is 2. The zero-order valence-electron chi connectivity index (χ0n) is 8.82. The zero-order chi connectivity index (χ0) is 14.9. The molecule has 0 aliphatic heterocycles. The summed E-state index contributed by atoms with van der Waals surface area (Å²) in [4.78, 5) is 30.3. The van der Waals surface area contributed by atoms with Gasteiger partial charge in [0.15, 0.2) is 17.5 Å². The van der Waals surface area contributed by atoms with E-state index in [4.69, 9.17) is 10.2 Å². The number of carbonyl (C=O) groups is 2. The first-order valence-corrected chi connectivity index (χ1v) is 4.46. The average Bonchev–Trinajstić information content (AvgIpc) is 2.27. The zero-order valence-corrected chi connectivity index (χ0v) is 8.82. The van der Waals surface area contributed by atoms with Crippen LogP contribution >= 0.6 is 0 Å². The summed E-state index contributed by atoms with van der Waals surface area (Å²) in [7, 11) is 0. The van der Waals surface area contributed by atoms with E-state index in [0.717, 1.165) is 0 Å². The van der Waals surface area contributed by atoms with Crippen LogP contribution in [-0.4, -0.2) is 27.1 Å². The molecule has 1 aromatic rings. The molecule has 19 heavy (non-hydrogen) atoms. The number of benzene rings is 1. The first-order valence-electron chi connectivity index (χ1n) is 4.46. The molecule has 0 radical (unpaired) electrons. The van der Waals surface area contributed by atoms with E-state index < -0.39 is 57.5 Å². The predicted molar refractivity (Wildman–Crippen MR) is 50.9 cm³/mol. The molecule has 102 valence electrons. The lowest BCUT2D eigenvalue weighted by Crippen LogP contribution is -2.19. The van der Waals surface area contributed by atoms with Gasteiger partial charge in [0.25, 0.3) is 0 Å². The number of halogens is 3. The maximum absolute atomic E-state index is 13.6. The van der Waals surface area contributed by atoms with E-state index in [0.29, 0.717) is 0 Å². The Morgan fingerprint density at radius 3 is 1.79 bits per heavy atom. The van der Waals surface area contributed by atoms with Gasteiger partial charge >= 0.3 is 11.9 Å². The van der Waals surface area contributed by atoms with Gasteiger partial charge in [-0.3, -0.25) is 10.1 Å². The second-order valence-electron chi connectivity index (χ2n) is 3.27. The lowest BCUT2D eigenvalue weighted by Gasteiger charge is -2.09. The highest BCUT2D eigenvalue weighted by Crippen LogP contribution is 2.26. The Labute approximate surface area is 102 Å². The maximum Gasteiger partial charge on any atom is 0.339 e. The molecule has 0 bridgehead atoms. The molecular weight excluding hydrogens is 275 g/mol. The second kappa shape index (κ2) is 4.92. The van der Waals surface area contributed by atoms with Crippen LogP contribution in [0, 0.1) is 27.6 Å². The second-order valence-corrected chi connectivity index (χ2v) is 3.27. The number of aromatic carboxylic acids is 2. The summed E-state index contributed by atoms with van der Waals surface area (Å²) in [5.74, 6) is -10.6. The highest BCUT2D eigenvalue weighted by Gasteiger charge is 2.33. The molecule has 0 unspecified atom stereocenters. The summed E-state index contributed by atoms with van der Waals surface area (Å²) in [5.41, 5.74) is -4.84. The summed E-state index contributed by atoms with van der Waals surface area (Å²) in [5, 5.41) is 27.3. The van der Waals surface area contributed by atoms with E-state index in [1.807, 2.05) is 0 Å². The van der Waals surface area contributed by atoms with Crippen LogP contribution in [0.5, 0.6) is 0 Å². The molecule has 0 atom stereocenters. The largest absolute Gasteiger partial charge is 0.478 e. The number of nitro groups is 1. The highest BCUT2D eigenvalue weighted by atomic mass is 19.2. The van der Waals surface area contributed by atoms with Gasteiger partial charge in [-0.05, 0) is 0 Å². The molecule has 0 amide bonds. The predicted octanol–water partition coefficient (Wildman–Crippen LogP) is 1.28. The van der Waals surface area contributed by atoms with Gasteiger partial charge in [-0.2, -0.15) is 0 Å². The van der Waals surface area contributed by atoms with Crippen molar-refractivity contribution in [3.63, 3.8) is 0 Å². The Hall–Kier alpha value is -2.65. The average molecular weight is 279 g/mol. The van der Waals surface area contributed by atoms with Crippen molar-refractivity contribution in [2.45, 2.75) is 6.54 Å². The number of carboxylic acid groups (broad SMARTS) is 2. The molecule has 0 aliphatic carbocycles. The smallest absolute Gasteiger partial charge is 0.339 e. The quantitative estimate of drug-likeness (QED) is 0.487. The Balaban J connectivity index is 3.78. The topological polar surface area (TPSA) is 118 Å². The van der Waals surface area contributed by atoms with Gasteiger partial charge in [0.1, 0.15) is 11.1 Å². The minimum absolute atomic E-state index is 1.22. The highest BCUT2D eigenvalue weighted by molar-refractivity contribution is 6.02. The van der Waals surface area contributed by atoms with Crippen molar-refractivity contribution < 1.29 is 37.9 Å². The summed E-state index contributed by atoms with van der Waals surface area (Å²) in [6.45, 7) is -1.52.